The van der Waals surface area contributed by atoms with E-state index in [1.54, 1.807) is 12.1 Å². The molecule has 26 heavy (non-hydrogen) atoms. The fourth-order valence-electron chi connectivity index (χ4n) is 2.20. The number of carbonyl (C=O) groups excluding carboxylic acids is 1. The first kappa shape index (κ1) is 19.4. The Morgan fingerprint density at radius 3 is 2.15 bits per heavy atom. The molecule has 9 heteroatoms. The number of aromatic nitrogens is 2. The third-order valence-electron chi connectivity index (χ3n) is 3.49. The zero-order valence-electron chi connectivity index (χ0n) is 15.7. The van der Waals surface area contributed by atoms with Gasteiger partial charge in [0.2, 0.25) is 17.5 Å². The van der Waals surface area contributed by atoms with E-state index in [1.807, 2.05) is 20.8 Å². The molecule has 0 bridgehead atoms. The summed E-state index contributed by atoms with van der Waals surface area (Å²) in [5.74, 6) is 0.343. The summed E-state index contributed by atoms with van der Waals surface area (Å²) in [4.78, 5) is 24.1. The molecule has 0 saturated heterocycles. The van der Waals surface area contributed by atoms with Crippen LogP contribution in [0.25, 0.3) is 0 Å². The van der Waals surface area contributed by atoms with Gasteiger partial charge >= 0.3 is 5.76 Å². The molecule has 1 heterocycles. The lowest BCUT2D eigenvalue weighted by molar-refractivity contribution is -0.117. The molecule has 0 unspecified atom stereocenters. The first-order valence-electron chi connectivity index (χ1n) is 7.88. The second kappa shape index (κ2) is 7.51. The summed E-state index contributed by atoms with van der Waals surface area (Å²) in [7, 11) is 4.44. The van der Waals surface area contributed by atoms with Gasteiger partial charge in [0, 0.05) is 23.2 Å². The summed E-state index contributed by atoms with van der Waals surface area (Å²) in [6.45, 7) is 5.30. The fraction of sp³-hybridized carbons (Fsp3) is 0.471. The molecule has 0 aliphatic heterocycles. The molecule has 9 nitrogen and oxygen atoms in total. The van der Waals surface area contributed by atoms with Crippen LogP contribution in [0.3, 0.4) is 0 Å². The first-order chi connectivity index (χ1) is 12.2. The SMILES string of the molecule is COc1cc(NC(=O)Cn2nc(C(C)(C)C)oc2=O)cc(OC)c1OC. The number of ether oxygens (including phenoxy) is 3. The van der Waals surface area contributed by atoms with Crippen molar-refractivity contribution in [2.24, 2.45) is 0 Å². The summed E-state index contributed by atoms with van der Waals surface area (Å²) in [5, 5.41) is 6.74. The van der Waals surface area contributed by atoms with Crippen molar-refractivity contribution in [2.75, 3.05) is 26.6 Å². The fourth-order valence-corrected chi connectivity index (χ4v) is 2.20. The van der Waals surface area contributed by atoms with Gasteiger partial charge in [0.05, 0.1) is 21.3 Å². The number of hydrogen-bond donors (Lipinski definition) is 1. The Morgan fingerprint density at radius 2 is 1.73 bits per heavy atom. The van der Waals surface area contributed by atoms with E-state index >= 15 is 0 Å². The summed E-state index contributed by atoms with van der Waals surface area (Å²) in [6, 6.07) is 3.18. The van der Waals surface area contributed by atoms with Crippen molar-refractivity contribution in [3.8, 4) is 17.2 Å². The minimum atomic E-state index is -0.685. The number of nitrogens with zero attached hydrogens (tertiary/aromatic N) is 2. The van der Waals surface area contributed by atoms with Crippen LogP contribution in [-0.2, 0) is 16.8 Å². The molecule has 1 N–H and O–H groups in total. The Bertz CT molecular complexity index is 822. The Morgan fingerprint density at radius 1 is 1.15 bits per heavy atom. The molecule has 0 spiro atoms. The van der Waals surface area contributed by atoms with Gasteiger partial charge in [-0.1, -0.05) is 20.8 Å². The Balaban J connectivity index is 2.21. The van der Waals surface area contributed by atoms with Gasteiger partial charge in [0.25, 0.3) is 0 Å². The monoisotopic (exact) mass is 365 g/mol. The van der Waals surface area contributed by atoms with E-state index in [0.29, 0.717) is 22.9 Å². The zero-order chi connectivity index (χ0) is 19.5. The second-order valence-electron chi connectivity index (χ2n) is 6.54. The van der Waals surface area contributed by atoms with Crippen molar-refractivity contribution in [2.45, 2.75) is 32.7 Å². The van der Waals surface area contributed by atoms with E-state index < -0.39 is 17.1 Å². The lowest BCUT2D eigenvalue weighted by Gasteiger charge is -2.14. The van der Waals surface area contributed by atoms with Crippen molar-refractivity contribution >= 4 is 11.6 Å². The van der Waals surface area contributed by atoms with Gasteiger partial charge in [-0.2, -0.15) is 4.68 Å². The van der Waals surface area contributed by atoms with E-state index in [1.165, 1.54) is 21.3 Å². The summed E-state index contributed by atoms with van der Waals surface area (Å²) in [5.41, 5.74) is -0.00507. The number of methoxy groups -OCH3 is 3. The average Bonchev–Trinajstić information content (AvgIpc) is 2.94. The van der Waals surface area contributed by atoms with Crippen LogP contribution in [0.4, 0.5) is 5.69 Å². The lowest BCUT2D eigenvalue weighted by atomic mass is 9.97. The number of amides is 1. The molecule has 0 radical (unpaired) electrons. The van der Waals surface area contributed by atoms with Crippen LogP contribution < -0.4 is 25.3 Å². The van der Waals surface area contributed by atoms with Gasteiger partial charge < -0.3 is 23.9 Å². The first-order valence-corrected chi connectivity index (χ1v) is 7.88. The molecular formula is C17H23N3O6. The molecule has 1 amide bonds. The number of carbonyl (C=O) groups is 1. The number of rotatable bonds is 6. The molecule has 1 aromatic carbocycles. The third-order valence-corrected chi connectivity index (χ3v) is 3.49. The molecule has 0 aliphatic carbocycles. The van der Waals surface area contributed by atoms with Gasteiger partial charge in [0.1, 0.15) is 6.54 Å². The molecular weight excluding hydrogens is 342 g/mol. The maximum atomic E-state index is 12.3. The largest absolute Gasteiger partial charge is 0.493 e. The quantitative estimate of drug-likeness (QED) is 0.832. The lowest BCUT2D eigenvalue weighted by Crippen LogP contribution is -2.26. The van der Waals surface area contributed by atoms with Gasteiger partial charge in [-0.3, -0.25) is 4.79 Å². The highest BCUT2D eigenvalue weighted by molar-refractivity contribution is 5.91. The van der Waals surface area contributed by atoms with Gasteiger partial charge in [0.15, 0.2) is 11.5 Å². The van der Waals surface area contributed by atoms with Crippen molar-refractivity contribution in [3.63, 3.8) is 0 Å². The van der Waals surface area contributed by atoms with Crippen molar-refractivity contribution < 1.29 is 23.4 Å². The summed E-state index contributed by atoms with van der Waals surface area (Å²) >= 11 is 0. The second-order valence-corrected chi connectivity index (χ2v) is 6.54. The highest BCUT2D eigenvalue weighted by atomic mass is 16.5. The Hall–Kier alpha value is -2.97. The van der Waals surface area contributed by atoms with Crippen LogP contribution in [0.2, 0.25) is 0 Å². The van der Waals surface area contributed by atoms with Crippen LogP contribution in [-0.4, -0.2) is 37.0 Å². The Kier molecular flexibility index (Phi) is 5.59. The predicted molar refractivity (Wildman–Crippen MR) is 94.2 cm³/mol. The zero-order valence-corrected chi connectivity index (χ0v) is 15.7. The summed E-state index contributed by atoms with van der Waals surface area (Å²) in [6.07, 6.45) is 0. The normalized spacial score (nSPS) is 11.2. The standard InChI is InChI=1S/C17H23N3O6/c1-17(2,3)15-19-20(16(22)26-15)9-13(21)18-10-7-11(23-4)14(25-6)12(8-10)24-5/h7-8H,9H2,1-6H3,(H,18,21). The predicted octanol–water partition coefficient (Wildman–Crippen LogP) is 1.80. The van der Waals surface area contributed by atoms with E-state index in [-0.39, 0.29) is 12.4 Å². The van der Waals surface area contributed by atoms with Crippen molar-refractivity contribution in [1.29, 1.82) is 0 Å². The van der Waals surface area contributed by atoms with Crippen molar-refractivity contribution in [3.05, 3.63) is 28.6 Å². The molecule has 2 rings (SSSR count). The average molecular weight is 365 g/mol. The summed E-state index contributed by atoms with van der Waals surface area (Å²) < 4.78 is 21.8. The number of hydrogen-bond acceptors (Lipinski definition) is 7. The number of anilines is 1. The minimum absolute atomic E-state index is 0.267. The molecule has 0 atom stereocenters. The topological polar surface area (TPSA) is 105 Å². The van der Waals surface area contributed by atoms with E-state index in [4.69, 9.17) is 18.6 Å². The highest BCUT2D eigenvalue weighted by Crippen LogP contribution is 2.39. The highest BCUT2D eigenvalue weighted by Gasteiger charge is 2.23. The number of nitrogens with one attached hydrogen (secondary N) is 1. The smallest absolute Gasteiger partial charge is 0.437 e. The number of benzene rings is 1. The maximum Gasteiger partial charge on any atom is 0.437 e. The van der Waals surface area contributed by atoms with Crippen molar-refractivity contribution in [1.82, 2.24) is 9.78 Å². The van der Waals surface area contributed by atoms with Gasteiger partial charge in [-0.15, -0.1) is 5.10 Å². The Labute approximate surface area is 150 Å². The van der Waals surface area contributed by atoms with Crippen LogP contribution in [0.15, 0.2) is 21.3 Å². The molecule has 0 fully saturated rings. The van der Waals surface area contributed by atoms with E-state index in [0.717, 1.165) is 4.68 Å². The molecule has 0 saturated carbocycles. The third kappa shape index (κ3) is 4.16. The van der Waals surface area contributed by atoms with E-state index in [9.17, 15) is 9.59 Å². The van der Waals surface area contributed by atoms with Crippen LogP contribution >= 0.6 is 0 Å². The minimum Gasteiger partial charge on any atom is -0.493 e. The molecule has 142 valence electrons. The maximum absolute atomic E-state index is 12.3. The van der Waals surface area contributed by atoms with E-state index in [2.05, 4.69) is 10.4 Å². The molecule has 2 aromatic rings. The van der Waals surface area contributed by atoms with Crippen LogP contribution in [0.1, 0.15) is 26.7 Å². The van der Waals surface area contributed by atoms with Gasteiger partial charge in [-0.05, 0) is 0 Å². The molecule has 1 aromatic heterocycles. The molecule has 0 aliphatic rings. The van der Waals surface area contributed by atoms with Crippen LogP contribution in [0.5, 0.6) is 17.2 Å². The van der Waals surface area contributed by atoms with Gasteiger partial charge in [-0.25, -0.2) is 4.79 Å². The van der Waals surface area contributed by atoms with Crippen LogP contribution in [0, 0.1) is 0 Å².